The molecule has 1 fully saturated rings. The molecule has 2 aromatic rings. The Morgan fingerprint density at radius 1 is 1.04 bits per heavy atom. The van der Waals surface area contributed by atoms with Crippen molar-refractivity contribution in [1.29, 1.82) is 0 Å². The molecule has 3 nitrogen and oxygen atoms in total. The molecule has 126 valence electrons. The topological polar surface area (TPSA) is 38.3 Å². The number of ether oxygens (including phenoxy) is 1. The number of benzene rings is 2. The minimum Gasteiger partial charge on any atom is -0.494 e. The number of anilines is 1. The van der Waals surface area contributed by atoms with Gasteiger partial charge in [0, 0.05) is 6.07 Å². The first kappa shape index (κ1) is 16.4. The van der Waals surface area contributed by atoms with Crippen LogP contribution in [-0.4, -0.2) is 13.0 Å². The monoisotopic (exact) mass is 331 g/mol. The van der Waals surface area contributed by atoms with Crippen molar-refractivity contribution in [3.63, 3.8) is 0 Å². The number of nitrogens with one attached hydrogen (secondary N) is 1. The number of hydrogen-bond acceptors (Lipinski definition) is 2. The number of amides is 1. The summed E-state index contributed by atoms with van der Waals surface area (Å²) in [5.74, 6) is -0.654. The maximum absolute atomic E-state index is 13.3. The summed E-state index contributed by atoms with van der Waals surface area (Å²) in [6, 6.07) is 10.1. The second kappa shape index (κ2) is 6.59. The Bertz CT molecular complexity index is 738. The lowest BCUT2D eigenvalue weighted by molar-refractivity contribution is -0.121. The highest BCUT2D eigenvalue weighted by molar-refractivity contribution is 6.00. The summed E-state index contributed by atoms with van der Waals surface area (Å²) in [4.78, 5) is 13.0. The van der Waals surface area contributed by atoms with Crippen LogP contribution in [0.5, 0.6) is 5.75 Å². The maximum atomic E-state index is 13.3. The predicted molar refractivity (Wildman–Crippen MR) is 88.1 cm³/mol. The van der Waals surface area contributed by atoms with Crippen LogP contribution in [0.15, 0.2) is 42.5 Å². The molecule has 0 unspecified atom stereocenters. The van der Waals surface area contributed by atoms with Gasteiger partial charge in [0.1, 0.15) is 17.4 Å². The zero-order chi connectivity index (χ0) is 17.2. The van der Waals surface area contributed by atoms with Gasteiger partial charge >= 0.3 is 0 Å². The second-order valence-electron chi connectivity index (χ2n) is 6.09. The molecule has 1 N–H and O–H groups in total. The van der Waals surface area contributed by atoms with Crippen molar-refractivity contribution in [2.24, 2.45) is 0 Å². The predicted octanol–water partition coefficient (Wildman–Crippen LogP) is 4.42. The molecule has 0 aromatic heterocycles. The molecule has 2 aromatic carbocycles. The van der Waals surface area contributed by atoms with Crippen LogP contribution in [-0.2, 0) is 10.2 Å². The zero-order valence-corrected chi connectivity index (χ0v) is 13.4. The fourth-order valence-electron chi connectivity index (χ4n) is 3.40. The first-order chi connectivity index (χ1) is 11.5. The molecular weight excluding hydrogens is 312 g/mol. The van der Waals surface area contributed by atoms with Crippen LogP contribution < -0.4 is 10.1 Å². The van der Waals surface area contributed by atoms with E-state index in [1.165, 1.54) is 37.4 Å². The van der Waals surface area contributed by atoms with E-state index in [1.807, 2.05) is 0 Å². The van der Waals surface area contributed by atoms with E-state index in [0.29, 0.717) is 18.5 Å². The average Bonchev–Trinajstić information content (AvgIpc) is 3.08. The van der Waals surface area contributed by atoms with Gasteiger partial charge in [0.25, 0.3) is 0 Å². The highest BCUT2D eigenvalue weighted by Gasteiger charge is 2.42. The van der Waals surface area contributed by atoms with Crippen LogP contribution in [0.4, 0.5) is 14.5 Å². The Morgan fingerprint density at radius 3 is 2.29 bits per heavy atom. The lowest BCUT2D eigenvalue weighted by Gasteiger charge is -2.28. The zero-order valence-electron chi connectivity index (χ0n) is 13.4. The van der Waals surface area contributed by atoms with Gasteiger partial charge in [0.2, 0.25) is 5.91 Å². The van der Waals surface area contributed by atoms with Gasteiger partial charge in [-0.15, -0.1) is 0 Å². The molecule has 1 aliphatic rings. The lowest BCUT2D eigenvalue weighted by atomic mass is 9.78. The number of carbonyl (C=O) groups excluding carboxylic acids is 1. The Balaban J connectivity index is 1.92. The molecule has 0 atom stereocenters. The maximum Gasteiger partial charge on any atom is 0.235 e. The average molecular weight is 331 g/mol. The molecule has 0 radical (unpaired) electrons. The summed E-state index contributed by atoms with van der Waals surface area (Å²) < 4.78 is 31.7. The summed E-state index contributed by atoms with van der Waals surface area (Å²) in [6.07, 6.45) is 3.28. The minimum atomic E-state index is -0.687. The number of carbonyl (C=O) groups is 1. The SMILES string of the molecule is COc1cc(F)ccc1NC(=O)C1(c2ccc(F)cc2)CCCC1. The summed E-state index contributed by atoms with van der Waals surface area (Å²) >= 11 is 0. The molecule has 1 amide bonds. The van der Waals surface area contributed by atoms with Gasteiger partial charge in [-0.25, -0.2) is 8.78 Å². The highest BCUT2D eigenvalue weighted by atomic mass is 19.1. The van der Waals surface area contributed by atoms with E-state index in [-0.39, 0.29) is 17.5 Å². The van der Waals surface area contributed by atoms with Gasteiger partial charge in [-0.3, -0.25) is 4.79 Å². The molecule has 3 rings (SSSR count). The fourth-order valence-corrected chi connectivity index (χ4v) is 3.40. The van der Waals surface area contributed by atoms with Crippen molar-refractivity contribution in [3.05, 3.63) is 59.7 Å². The normalized spacial score (nSPS) is 16.0. The molecule has 0 aliphatic heterocycles. The van der Waals surface area contributed by atoms with E-state index in [4.69, 9.17) is 4.74 Å². The van der Waals surface area contributed by atoms with Gasteiger partial charge in [-0.05, 0) is 42.7 Å². The molecule has 24 heavy (non-hydrogen) atoms. The standard InChI is InChI=1S/C19H19F2NO2/c1-24-17-12-15(21)8-9-16(17)22-18(23)19(10-2-3-11-19)13-4-6-14(20)7-5-13/h4-9,12H,2-3,10-11H2,1H3,(H,22,23). The van der Waals surface area contributed by atoms with E-state index in [1.54, 1.807) is 12.1 Å². The fraction of sp³-hybridized carbons (Fsp3) is 0.316. The molecular formula is C19H19F2NO2. The molecule has 1 aliphatic carbocycles. The van der Waals surface area contributed by atoms with Gasteiger partial charge < -0.3 is 10.1 Å². The van der Waals surface area contributed by atoms with Crippen molar-refractivity contribution in [2.75, 3.05) is 12.4 Å². The highest BCUT2D eigenvalue weighted by Crippen LogP contribution is 2.42. The number of halogens is 2. The van der Waals surface area contributed by atoms with E-state index in [0.717, 1.165) is 18.4 Å². The Hall–Kier alpha value is -2.43. The van der Waals surface area contributed by atoms with Crippen molar-refractivity contribution in [1.82, 2.24) is 0 Å². The van der Waals surface area contributed by atoms with E-state index >= 15 is 0 Å². The Morgan fingerprint density at radius 2 is 1.67 bits per heavy atom. The molecule has 0 bridgehead atoms. The molecule has 1 saturated carbocycles. The third-order valence-electron chi connectivity index (χ3n) is 4.70. The molecule has 0 spiro atoms. The first-order valence-corrected chi connectivity index (χ1v) is 7.96. The molecule has 0 heterocycles. The van der Waals surface area contributed by atoms with Crippen LogP contribution >= 0.6 is 0 Å². The summed E-state index contributed by atoms with van der Waals surface area (Å²) in [5, 5.41) is 2.86. The van der Waals surface area contributed by atoms with Crippen LogP contribution in [0.2, 0.25) is 0 Å². The Labute approximate surface area is 139 Å². The quantitative estimate of drug-likeness (QED) is 0.900. The van der Waals surface area contributed by atoms with Crippen molar-refractivity contribution >= 4 is 11.6 Å². The van der Waals surface area contributed by atoms with Crippen molar-refractivity contribution in [3.8, 4) is 5.75 Å². The van der Waals surface area contributed by atoms with Gasteiger partial charge in [0.15, 0.2) is 0 Å². The third kappa shape index (κ3) is 2.98. The minimum absolute atomic E-state index is 0.170. The van der Waals surface area contributed by atoms with Gasteiger partial charge in [0.05, 0.1) is 18.2 Å². The summed E-state index contributed by atoms with van der Waals surface area (Å²) in [6.45, 7) is 0. The summed E-state index contributed by atoms with van der Waals surface area (Å²) in [7, 11) is 1.43. The first-order valence-electron chi connectivity index (χ1n) is 7.96. The number of rotatable bonds is 4. The van der Waals surface area contributed by atoms with Crippen LogP contribution in [0.1, 0.15) is 31.2 Å². The van der Waals surface area contributed by atoms with E-state index in [9.17, 15) is 13.6 Å². The smallest absolute Gasteiger partial charge is 0.235 e. The molecule has 0 saturated heterocycles. The van der Waals surface area contributed by atoms with Gasteiger partial charge in [-0.1, -0.05) is 25.0 Å². The number of hydrogen-bond donors (Lipinski definition) is 1. The van der Waals surface area contributed by atoms with E-state index < -0.39 is 11.2 Å². The largest absolute Gasteiger partial charge is 0.494 e. The second-order valence-corrected chi connectivity index (χ2v) is 6.09. The van der Waals surface area contributed by atoms with Crippen LogP contribution in [0, 0.1) is 11.6 Å². The van der Waals surface area contributed by atoms with Crippen molar-refractivity contribution < 1.29 is 18.3 Å². The summed E-state index contributed by atoms with van der Waals surface area (Å²) in [5.41, 5.74) is 0.546. The number of methoxy groups -OCH3 is 1. The third-order valence-corrected chi connectivity index (χ3v) is 4.70. The van der Waals surface area contributed by atoms with Crippen molar-refractivity contribution in [2.45, 2.75) is 31.1 Å². The van der Waals surface area contributed by atoms with Crippen LogP contribution in [0.3, 0.4) is 0 Å². The Kier molecular flexibility index (Phi) is 4.51. The molecule has 5 heteroatoms. The van der Waals surface area contributed by atoms with E-state index in [2.05, 4.69) is 5.32 Å². The lowest BCUT2D eigenvalue weighted by Crippen LogP contribution is -2.38. The van der Waals surface area contributed by atoms with Gasteiger partial charge in [-0.2, -0.15) is 0 Å². The van der Waals surface area contributed by atoms with Crippen LogP contribution in [0.25, 0.3) is 0 Å².